The smallest absolute Gasteiger partial charge is 0.300 e. The highest BCUT2D eigenvalue weighted by Gasteiger charge is 2.29. The molecule has 0 spiro atoms. The summed E-state index contributed by atoms with van der Waals surface area (Å²) in [6.45, 7) is 0. The van der Waals surface area contributed by atoms with E-state index in [1.165, 1.54) is 0 Å². The SMILES string of the molecule is O=CC(C=O)N=Nc1ccc(C(F)(F)F)cc1. The Bertz CT molecular complexity index is 418. The maximum absolute atomic E-state index is 12.2. The van der Waals surface area contributed by atoms with Crippen molar-refractivity contribution < 1.29 is 22.8 Å². The summed E-state index contributed by atoms with van der Waals surface area (Å²) < 4.78 is 36.6. The van der Waals surface area contributed by atoms with E-state index in [4.69, 9.17) is 0 Å². The van der Waals surface area contributed by atoms with E-state index >= 15 is 0 Å². The average molecular weight is 244 g/mol. The molecule has 0 saturated carbocycles. The van der Waals surface area contributed by atoms with Crippen LogP contribution in [0.2, 0.25) is 0 Å². The highest BCUT2D eigenvalue weighted by molar-refractivity contribution is 5.82. The Labute approximate surface area is 94.2 Å². The van der Waals surface area contributed by atoms with Gasteiger partial charge in [0.15, 0.2) is 18.6 Å². The largest absolute Gasteiger partial charge is 0.416 e. The van der Waals surface area contributed by atoms with Gasteiger partial charge in [0.2, 0.25) is 0 Å². The van der Waals surface area contributed by atoms with E-state index in [1.807, 2.05) is 0 Å². The lowest BCUT2D eigenvalue weighted by Crippen LogP contribution is -2.05. The van der Waals surface area contributed by atoms with Gasteiger partial charge in [-0.2, -0.15) is 23.4 Å². The number of carbonyl (C=O) groups excluding carboxylic acids is 2. The predicted octanol–water partition coefficient (Wildman–Crippen LogP) is 2.56. The third kappa shape index (κ3) is 3.78. The molecule has 0 bridgehead atoms. The molecule has 1 aromatic rings. The van der Waals surface area contributed by atoms with Crippen molar-refractivity contribution in [3.63, 3.8) is 0 Å². The molecule has 1 rings (SSSR count). The second kappa shape index (κ2) is 5.33. The average Bonchev–Trinajstić information content (AvgIpc) is 2.30. The number of hydrogen-bond donors (Lipinski definition) is 0. The molecule has 7 heteroatoms. The number of aldehydes is 2. The minimum absolute atomic E-state index is 0.131. The molecule has 0 radical (unpaired) electrons. The van der Waals surface area contributed by atoms with Gasteiger partial charge in [-0.15, -0.1) is 0 Å². The van der Waals surface area contributed by atoms with E-state index in [-0.39, 0.29) is 18.3 Å². The first kappa shape index (κ1) is 13.0. The molecule has 0 aliphatic rings. The van der Waals surface area contributed by atoms with Gasteiger partial charge in [0.05, 0.1) is 11.3 Å². The van der Waals surface area contributed by atoms with Gasteiger partial charge in [-0.05, 0) is 24.3 Å². The van der Waals surface area contributed by atoms with Crippen molar-refractivity contribution >= 4 is 18.3 Å². The molecule has 0 heterocycles. The first-order valence-electron chi connectivity index (χ1n) is 4.46. The van der Waals surface area contributed by atoms with Crippen LogP contribution in [0.1, 0.15) is 5.56 Å². The molecule has 0 amide bonds. The number of benzene rings is 1. The second-order valence-electron chi connectivity index (χ2n) is 3.02. The maximum Gasteiger partial charge on any atom is 0.416 e. The fraction of sp³-hybridized carbons (Fsp3) is 0.200. The van der Waals surface area contributed by atoms with Crippen LogP contribution in [-0.2, 0) is 15.8 Å². The minimum atomic E-state index is -4.41. The van der Waals surface area contributed by atoms with Gasteiger partial charge in [0, 0.05) is 0 Å². The van der Waals surface area contributed by atoms with Gasteiger partial charge in [-0.1, -0.05) is 0 Å². The second-order valence-corrected chi connectivity index (χ2v) is 3.02. The van der Waals surface area contributed by atoms with Crippen molar-refractivity contribution in [2.75, 3.05) is 0 Å². The van der Waals surface area contributed by atoms with E-state index in [0.717, 1.165) is 24.3 Å². The summed E-state index contributed by atoms with van der Waals surface area (Å²) in [5, 5.41) is 6.80. The first-order valence-corrected chi connectivity index (χ1v) is 4.46. The summed E-state index contributed by atoms with van der Waals surface area (Å²) in [4.78, 5) is 20.4. The first-order chi connectivity index (χ1) is 7.97. The normalized spacial score (nSPS) is 12.0. The van der Waals surface area contributed by atoms with Crippen LogP contribution in [0.3, 0.4) is 0 Å². The number of azo groups is 1. The van der Waals surface area contributed by atoms with Crippen molar-refractivity contribution in [3.8, 4) is 0 Å². The summed E-state index contributed by atoms with van der Waals surface area (Å²) in [5.41, 5.74) is -0.675. The molecule has 17 heavy (non-hydrogen) atoms. The Morgan fingerprint density at radius 1 is 1.06 bits per heavy atom. The van der Waals surface area contributed by atoms with E-state index in [9.17, 15) is 22.8 Å². The Morgan fingerprint density at radius 2 is 1.59 bits per heavy atom. The lowest BCUT2D eigenvalue weighted by atomic mass is 10.2. The van der Waals surface area contributed by atoms with Gasteiger partial charge in [0.25, 0.3) is 0 Å². The topological polar surface area (TPSA) is 58.9 Å². The van der Waals surface area contributed by atoms with Crippen molar-refractivity contribution in [1.82, 2.24) is 0 Å². The van der Waals surface area contributed by atoms with Gasteiger partial charge < -0.3 is 9.59 Å². The van der Waals surface area contributed by atoms with Gasteiger partial charge in [-0.3, -0.25) is 0 Å². The number of rotatable bonds is 4. The number of carbonyl (C=O) groups is 2. The highest BCUT2D eigenvalue weighted by atomic mass is 19.4. The monoisotopic (exact) mass is 244 g/mol. The molecular weight excluding hydrogens is 237 g/mol. The van der Waals surface area contributed by atoms with Crippen molar-refractivity contribution in [2.45, 2.75) is 12.2 Å². The van der Waals surface area contributed by atoms with Crippen LogP contribution in [0.15, 0.2) is 34.5 Å². The van der Waals surface area contributed by atoms with Crippen LogP contribution in [0.4, 0.5) is 18.9 Å². The van der Waals surface area contributed by atoms with Crippen LogP contribution < -0.4 is 0 Å². The molecule has 0 N–H and O–H groups in total. The van der Waals surface area contributed by atoms with E-state index < -0.39 is 17.8 Å². The highest BCUT2D eigenvalue weighted by Crippen LogP contribution is 2.30. The molecule has 0 aromatic heterocycles. The zero-order valence-electron chi connectivity index (χ0n) is 8.39. The molecule has 0 atom stereocenters. The quantitative estimate of drug-likeness (QED) is 0.464. The zero-order valence-corrected chi connectivity index (χ0v) is 8.39. The number of alkyl halides is 3. The third-order valence-corrected chi connectivity index (χ3v) is 1.78. The van der Waals surface area contributed by atoms with E-state index in [1.54, 1.807) is 0 Å². The molecule has 0 aliphatic heterocycles. The Hall–Kier alpha value is -2.05. The fourth-order valence-corrected chi connectivity index (χ4v) is 0.937. The third-order valence-electron chi connectivity index (χ3n) is 1.78. The summed E-state index contributed by atoms with van der Waals surface area (Å²) in [7, 11) is 0. The van der Waals surface area contributed by atoms with Gasteiger partial charge in [-0.25, -0.2) is 0 Å². The van der Waals surface area contributed by atoms with Crippen molar-refractivity contribution in [2.24, 2.45) is 10.2 Å². The molecule has 0 fully saturated rings. The van der Waals surface area contributed by atoms with Crippen LogP contribution in [0, 0.1) is 0 Å². The molecule has 1 aromatic carbocycles. The van der Waals surface area contributed by atoms with E-state index in [0.29, 0.717) is 0 Å². The summed E-state index contributed by atoms with van der Waals surface area (Å²) in [6.07, 6.45) is -3.86. The maximum atomic E-state index is 12.2. The lowest BCUT2D eigenvalue weighted by molar-refractivity contribution is -0.137. The molecule has 4 nitrogen and oxygen atoms in total. The van der Waals surface area contributed by atoms with Crippen LogP contribution in [0.5, 0.6) is 0 Å². The van der Waals surface area contributed by atoms with Crippen LogP contribution in [-0.4, -0.2) is 18.6 Å². The number of hydrogen-bond acceptors (Lipinski definition) is 4. The minimum Gasteiger partial charge on any atom is -0.300 e. The summed E-state index contributed by atoms with van der Waals surface area (Å²) in [6, 6.07) is 2.64. The molecule has 0 unspecified atom stereocenters. The summed E-state index contributed by atoms with van der Waals surface area (Å²) in [5.74, 6) is 0. The zero-order chi connectivity index (χ0) is 12.9. The molecule has 90 valence electrons. The molecular formula is C10H7F3N2O2. The molecule has 0 saturated heterocycles. The summed E-state index contributed by atoms with van der Waals surface area (Å²) >= 11 is 0. The Morgan fingerprint density at radius 3 is 2.00 bits per heavy atom. The Kier molecular flexibility index (Phi) is 4.08. The number of nitrogens with zero attached hydrogens (tertiary/aromatic N) is 2. The van der Waals surface area contributed by atoms with Crippen molar-refractivity contribution in [3.05, 3.63) is 29.8 Å². The molecule has 0 aliphatic carbocycles. The number of halogens is 3. The fourth-order valence-electron chi connectivity index (χ4n) is 0.937. The predicted molar refractivity (Wildman–Crippen MR) is 51.9 cm³/mol. The van der Waals surface area contributed by atoms with Crippen molar-refractivity contribution in [1.29, 1.82) is 0 Å². The van der Waals surface area contributed by atoms with E-state index in [2.05, 4.69) is 10.2 Å². The van der Waals surface area contributed by atoms with Crippen LogP contribution >= 0.6 is 0 Å². The standard InChI is InChI=1S/C10H7F3N2O2/c11-10(12,13)7-1-3-8(4-2-7)14-15-9(5-16)6-17/h1-6,9H. The van der Waals surface area contributed by atoms with Gasteiger partial charge in [0.1, 0.15) is 0 Å². The van der Waals surface area contributed by atoms with Gasteiger partial charge >= 0.3 is 6.18 Å². The van der Waals surface area contributed by atoms with Crippen LogP contribution in [0.25, 0.3) is 0 Å². The Balaban J connectivity index is 2.82. The lowest BCUT2D eigenvalue weighted by Gasteiger charge is -2.05.